The van der Waals surface area contributed by atoms with Crippen LogP contribution in [0.15, 0.2) is 45.9 Å². The van der Waals surface area contributed by atoms with Gasteiger partial charge in [0.2, 0.25) is 0 Å². The van der Waals surface area contributed by atoms with Crippen LogP contribution in [0.5, 0.6) is 11.5 Å². The number of halogens is 1. The number of benzene rings is 1. The molecule has 8 heteroatoms. The van der Waals surface area contributed by atoms with Gasteiger partial charge in [-0.05, 0) is 77.0 Å². The fourth-order valence-corrected chi connectivity index (χ4v) is 5.75. The van der Waals surface area contributed by atoms with Gasteiger partial charge in [-0.15, -0.1) is 11.3 Å². The molecule has 31 heavy (non-hydrogen) atoms. The number of aromatic amines is 1. The molecule has 5 rings (SSSR count). The van der Waals surface area contributed by atoms with Crippen molar-refractivity contribution in [3.63, 3.8) is 0 Å². The SMILES string of the molecule is COc1cc(-c2nc3sc4c(c3c(=O)[nH]2)CCCC4)cc(Br)c1OCc1ccncc1. The lowest BCUT2D eigenvalue weighted by molar-refractivity contribution is 0.282. The van der Waals surface area contributed by atoms with Gasteiger partial charge in [0.1, 0.15) is 17.3 Å². The average Bonchev–Trinajstić information content (AvgIpc) is 3.17. The van der Waals surface area contributed by atoms with E-state index in [0.29, 0.717) is 23.9 Å². The van der Waals surface area contributed by atoms with Crippen LogP contribution >= 0.6 is 27.3 Å². The van der Waals surface area contributed by atoms with Gasteiger partial charge in [0.25, 0.3) is 5.56 Å². The van der Waals surface area contributed by atoms with Crippen LogP contribution in [0, 0.1) is 0 Å². The first-order valence-corrected chi connectivity index (χ1v) is 11.7. The minimum atomic E-state index is -0.0764. The van der Waals surface area contributed by atoms with Crippen molar-refractivity contribution in [1.29, 1.82) is 0 Å². The highest BCUT2D eigenvalue weighted by Crippen LogP contribution is 2.40. The molecule has 1 aliphatic carbocycles. The summed E-state index contributed by atoms with van der Waals surface area (Å²) in [5, 5.41) is 0.756. The third-order valence-corrected chi connectivity index (χ3v) is 7.24. The van der Waals surface area contributed by atoms with Gasteiger partial charge < -0.3 is 14.5 Å². The molecule has 0 spiro atoms. The number of aryl methyl sites for hydroxylation is 2. The van der Waals surface area contributed by atoms with E-state index in [9.17, 15) is 4.79 Å². The van der Waals surface area contributed by atoms with E-state index in [1.54, 1.807) is 30.8 Å². The van der Waals surface area contributed by atoms with Crippen LogP contribution in [0.4, 0.5) is 0 Å². The zero-order valence-electron chi connectivity index (χ0n) is 16.9. The van der Waals surface area contributed by atoms with E-state index in [-0.39, 0.29) is 5.56 Å². The molecule has 0 unspecified atom stereocenters. The Kier molecular flexibility index (Phi) is 5.50. The number of rotatable bonds is 5. The minimum absolute atomic E-state index is 0.0764. The van der Waals surface area contributed by atoms with Crippen molar-refractivity contribution in [3.05, 3.63) is 67.5 Å². The molecule has 3 aromatic heterocycles. The summed E-state index contributed by atoms with van der Waals surface area (Å²) in [6.45, 7) is 0.388. The average molecular weight is 498 g/mol. The summed E-state index contributed by atoms with van der Waals surface area (Å²) in [5.74, 6) is 1.68. The van der Waals surface area contributed by atoms with Gasteiger partial charge in [0.15, 0.2) is 11.5 Å². The standard InChI is InChI=1S/C23H20BrN3O3S/c1-29-17-11-14(10-16(24)20(17)30-12-13-6-8-25-9-7-13)21-26-22(28)19-15-4-2-3-5-18(15)31-23(19)27-21/h6-11H,2-5,12H2,1H3,(H,26,27,28). The molecule has 0 amide bonds. The maximum atomic E-state index is 12.9. The fraction of sp³-hybridized carbons (Fsp3) is 0.261. The third kappa shape index (κ3) is 3.85. The Morgan fingerprint density at radius 1 is 1.19 bits per heavy atom. The van der Waals surface area contributed by atoms with Gasteiger partial charge >= 0.3 is 0 Å². The highest BCUT2D eigenvalue weighted by molar-refractivity contribution is 9.10. The Morgan fingerprint density at radius 2 is 2.00 bits per heavy atom. The number of thiophene rings is 1. The Balaban J connectivity index is 1.52. The molecule has 1 N–H and O–H groups in total. The fourth-order valence-electron chi connectivity index (χ4n) is 3.93. The van der Waals surface area contributed by atoms with Crippen molar-refractivity contribution in [1.82, 2.24) is 15.0 Å². The van der Waals surface area contributed by atoms with Crippen LogP contribution in [0.25, 0.3) is 21.6 Å². The molecule has 0 saturated heterocycles. The topological polar surface area (TPSA) is 77.1 Å². The van der Waals surface area contributed by atoms with E-state index in [1.807, 2.05) is 24.3 Å². The lowest BCUT2D eigenvalue weighted by atomic mass is 9.97. The lowest BCUT2D eigenvalue weighted by Crippen LogP contribution is -2.11. The summed E-state index contributed by atoms with van der Waals surface area (Å²) < 4.78 is 12.3. The summed E-state index contributed by atoms with van der Waals surface area (Å²) in [4.78, 5) is 26.8. The smallest absolute Gasteiger partial charge is 0.260 e. The number of nitrogens with one attached hydrogen (secondary N) is 1. The quantitative estimate of drug-likeness (QED) is 0.406. The molecule has 0 bridgehead atoms. The van der Waals surface area contributed by atoms with Crippen molar-refractivity contribution in [2.24, 2.45) is 0 Å². The monoisotopic (exact) mass is 497 g/mol. The molecule has 1 aliphatic rings. The number of aromatic nitrogens is 3. The van der Waals surface area contributed by atoms with Crippen LogP contribution in [0.2, 0.25) is 0 Å². The number of ether oxygens (including phenoxy) is 2. The lowest BCUT2D eigenvalue weighted by Gasteiger charge is -2.14. The van der Waals surface area contributed by atoms with Crippen molar-refractivity contribution < 1.29 is 9.47 Å². The van der Waals surface area contributed by atoms with E-state index >= 15 is 0 Å². The van der Waals surface area contributed by atoms with Gasteiger partial charge in [-0.25, -0.2) is 4.98 Å². The minimum Gasteiger partial charge on any atom is -0.493 e. The predicted molar refractivity (Wildman–Crippen MR) is 125 cm³/mol. The summed E-state index contributed by atoms with van der Waals surface area (Å²) in [6, 6.07) is 7.53. The maximum Gasteiger partial charge on any atom is 0.260 e. The van der Waals surface area contributed by atoms with E-state index in [0.717, 1.165) is 45.1 Å². The molecule has 0 fully saturated rings. The van der Waals surface area contributed by atoms with Gasteiger partial charge in [0.05, 0.1) is 17.0 Å². The highest BCUT2D eigenvalue weighted by atomic mass is 79.9. The summed E-state index contributed by atoms with van der Waals surface area (Å²) in [6.07, 6.45) is 7.76. The molecule has 158 valence electrons. The highest BCUT2D eigenvalue weighted by Gasteiger charge is 2.21. The van der Waals surface area contributed by atoms with Crippen molar-refractivity contribution in [2.75, 3.05) is 7.11 Å². The molecule has 0 radical (unpaired) electrons. The Labute approximate surface area is 191 Å². The van der Waals surface area contributed by atoms with Crippen LogP contribution in [-0.4, -0.2) is 22.1 Å². The summed E-state index contributed by atoms with van der Waals surface area (Å²) >= 11 is 5.23. The number of fused-ring (bicyclic) bond motifs is 3. The molecule has 0 aliphatic heterocycles. The molecule has 3 heterocycles. The summed E-state index contributed by atoms with van der Waals surface area (Å²) in [5.41, 5.74) is 2.87. The first-order chi connectivity index (χ1) is 15.1. The Hall–Kier alpha value is -2.71. The van der Waals surface area contributed by atoms with Crippen molar-refractivity contribution in [3.8, 4) is 22.9 Å². The van der Waals surface area contributed by atoms with Crippen LogP contribution in [0.3, 0.4) is 0 Å². The molecule has 6 nitrogen and oxygen atoms in total. The zero-order valence-corrected chi connectivity index (χ0v) is 19.3. The van der Waals surface area contributed by atoms with Gasteiger partial charge in [-0.1, -0.05) is 0 Å². The zero-order chi connectivity index (χ0) is 21.4. The normalized spacial score (nSPS) is 13.2. The molecule has 0 saturated carbocycles. The van der Waals surface area contributed by atoms with Gasteiger partial charge in [0, 0.05) is 22.8 Å². The van der Waals surface area contributed by atoms with Crippen LogP contribution < -0.4 is 15.0 Å². The van der Waals surface area contributed by atoms with Gasteiger partial charge in [-0.2, -0.15) is 0 Å². The second-order valence-corrected chi connectivity index (χ2v) is 9.38. The van der Waals surface area contributed by atoms with Crippen LogP contribution in [0.1, 0.15) is 28.8 Å². The van der Waals surface area contributed by atoms with E-state index in [1.165, 1.54) is 16.9 Å². The third-order valence-electron chi connectivity index (χ3n) is 5.46. The number of methoxy groups -OCH3 is 1. The Bertz CT molecular complexity index is 1320. The maximum absolute atomic E-state index is 12.9. The molecule has 0 atom stereocenters. The molecule has 4 aromatic rings. The summed E-state index contributed by atoms with van der Waals surface area (Å²) in [7, 11) is 1.59. The van der Waals surface area contributed by atoms with Gasteiger partial charge in [-0.3, -0.25) is 9.78 Å². The van der Waals surface area contributed by atoms with Crippen LogP contribution in [-0.2, 0) is 19.4 Å². The Morgan fingerprint density at radius 3 is 2.81 bits per heavy atom. The molecule has 1 aromatic carbocycles. The number of nitrogens with zero attached hydrogens (tertiary/aromatic N) is 2. The number of pyridine rings is 1. The van der Waals surface area contributed by atoms with Crippen molar-refractivity contribution >= 4 is 37.5 Å². The number of hydrogen-bond donors (Lipinski definition) is 1. The predicted octanol–water partition coefficient (Wildman–Crippen LogP) is 5.28. The first-order valence-electron chi connectivity index (χ1n) is 10.1. The van der Waals surface area contributed by atoms with Crippen molar-refractivity contribution in [2.45, 2.75) is 32.3 Å². The first kappa shape index (κ1) is 20.2. The molecular formula is C23H20BrN3O3S. The van der Waals surface area contributed by atoms with E-state index in [2.05, 4.69) is 25.9 Å². The largest absolute Gasteiger partial charge is 0.493 e. The second kappa shape index (κ2) is 8.43. The molecular weight excluding hydrogens is 478 g/mol. The van der Waals surface area contributed by atoms with E-state index in [4.69, 9.17) is 14.5 Å². The number of H-pyrrole nitrogens is 1. The number of hydrogen-bond acceptors (Lipinski definition) is 6. The second-order valence-electron chi connectivity index (χ2n) is 7.44. The van der Waals surface area contributed by atoms with E-state index < -0.39 is 0 Å².